The number of carboxylic acid groups (broad SMARTS) is 1. The first-order valence-corrected chi connectivity index (χ1v) is 7.87. The normalized spacial score (nSPS) is 11.2. The summed E-state index contributed by atoms with van der Waals surface area (Å²) in [5.41, 5.74) is 0.117. The molecule has 0 saturated carbocycles. The molecule has 4 N–H and O–H groups in total. The van der Waals surface area contributed by atoms with Crippen molar-refractivity contribution in [1.29, 1.82) is 0 Å². The molecule has 1 amide bonds. The van der Waals surface area contributed by atoms with Gasteiger partial charge in [-0.2, -0.15) is 0 Å². The van der Waals surface area contributed by atoms with Gasteiger partial charge in [0.25, 0.3) is 5.91 Å². The molecule has 3 aromatic rings. The van der Waals surface area contributed by atoms with Gasteiger partial charge in [-0.05, 0) is 30.3 Å². The third-order valence-electron chi connectivity index (χ3n) is 3.68. The predicted molar refractivity (Wildman–Crippen MR) is 97.0 cm³/mol. The van der Waals surface area contributed by atoms with E-state index in [-0.39, 0.29) is 22.8 Å². The molecule has 2 aromatic carbocycles. The molecule has 7 nitrogen and oxygen atoms in total. The van der Waals surface area contributed by atoms with Crippen LogP contribution in [0.15, 0.2) is 70.8 Å². The van der Waals surface area contributed by atoms with Crippen LogP contribution in [0.25, 0.3) is 17.4 Å². The fourth-order valence-corrected chi connectivity index (χ4v) is 2.38. The number of hydrogen-bond donors (Lipinski definition) is 4. The van der Waals surface area contributed by atoms with Gasteiger partial charge in [-0.1, -0.05) is 30.3 Å². The summed E-state index contributed by atoms with van der Waals surface area (Å²) in [6, 6.07) is 15.9. The molecule has 0 unspecified atom stereocenters. The third kappa shape index (κ3) is 4.16. The zero-order valence-corrected chi connectivity index (χ0v) is 13.9. The quantitative estimate of drug-likeness (QED) is 0.407. The number of rotatable bonds is 5. The van der Waals surface area contributed by atoms with Gasteiger partial charge in [0.1, 0.15) is 28.7 Å². The summed E-state index contributed by atoms with van der Waals surface area (Å²) >= 11 is 0. The monoisotopic (exact) mass is 365 g/mol. The summed E-state index contributed by atoms with van der Waals surface area (Å²) in [6.07, 6.45) is 1.16. The first-order chi connectivity index (χ1) is 12.9. The molecule has 0 atom stereocenters. The Labute approximate surface area is 153 Å². The Bertz CT molecular complexity index is 1020. The van der Waals surface area contributed by atoms with Gasteiger partial charge in [-0.3, -0.25) is 4.79 Å². The SMILES string of the molecule is O=C(O)/C(=C\c1ccc(-c2ccccc2)o1)NC(=O)c1cc(O)ccc1O. The van der Waals surface area contributed by atoms with Crippen LogP contribution in [0.1, 0.15) is 16.1 Å². The van der Waals surface area contributed by atoms with Crippen LogP contribution in [0, 0.1) is 0 Å². The Kier molecular flexibility index (Phi) is 4.94. The van der Waals surface area contributed by atoms with Crippen LogP contribution in [0.4, 0.5) is 0 Å². The molecule has 0 bridgehead atoms. The Morgan fingerprint density at radius 3 is 2.41 bits per heavy atom. The lowest BCUT2D eigenvalue weighted by Gasteiger charge is -2.07. The fourth-order valence-electron chi connectivity index (χ4n) is 2.38. The zero-order valence-electron chi connectivity index (χ0n) is 13.9. The minimum absolute atomic E-state index is 0.228. The lowest BCUT2D eigenvalue weighted by Crippen LogP contribution is -2.27. The van der Waals surface area contributed by atoms with Crippen LogP contribution >= 0.6 is 0 Å². The van der Waals surface area contributed by atoms with E-state index < -0.39 is 17.6 Å². The molecule has 1 heterocycles. The number of amides is 1. The molecule has 27 heavy (non-hydrogen) atoms. The number of benzene rings is 2. The molecule has 0 spiro atoms. The first-order valence-electron chi connectivity index (χ1n) is 7.87. The van der Waals surface area contributed by atoms with Crippen LogP contribution in [-0.2, 0) is 4.79 Å². The number of phenols is 2. The number of aromatic hydroxyl groups is 2. The summed E-state index contributed by atoms with van der Waals surface area (Å²) in [5.74, 6) is -2.13. The molecular weight excluding hydrogens is 350 g/mol. The summed E-state index contributed by atoms with van der Waals surface area (Å²) in [4.78, 5) is 23.7. The number of aliphatic carboxylic acids is 1. The van der Waals surface area contributed by atoms with E-state index in [0.29, 0.717) is 5.76 Å². The third-order valence-corrected chi connectivity index (χ3v) is 3.68. The highest BCUT2D eigenvalue weighted by Crippen LogP contribution is 2.24. The lowest BCUT2D eigenvalue weighted by molar-refractivity contribution is -0.132. The number of carboxylic acids is 1. The van der Waals surface area contributed by atoms with Crippen molar-refractivity contribution in [3.05, 3.63) is 77.7 Å². The van der Waals surface area contributed by atoms with E-state index >= 15 is 0 Å². The maximum atomic E-state index is 12.2. The van der Waals surface area contributed by atoms with Crippen molar-refractivity contribution < 1.29 is 29.3 Å². The maximum Gasteiger partial charge on any atom is 0.352 e. The van der Waals surface area contributed by atoms with Crippen molar-refractivity contribution in [2.45, 2.75) is 0 Å². The topological polar surface area (TPSA) is 120 Å². The van der Waals surface area contributed by atoms with E-state index in [0.717, 1.165) is 23.8 Å². The molecule has 0 aliphatic carbocycles. The fraction of sp³-hybridized carbons (Fsp3) is 0. The molecule has 136 valence electrons. The molecule has 1 aromatic heterocycles. The summed E-state index contributed by atoms with van der Waals surface area (Å²) in [5, 5.41) is 30.7. The van der Waals surface area contributed by atoms with Crippen LogP contribution in [0.5, 0.6) is 11.5 Å². The molecule has 0 aliphatic rings. The van der Waals surface area contributed by atoms with E-state index in [4.69, 9.17) is 4.42 Å². The molecule has 0 fully saturated rings. The Balaban J connectivity index is 1.86. The van der Waals surface area contributed by atoms with Gasteiger partial charge < -0.3 is 25.1 Å². The number of furan rings is 1. The van der Waals surface area contributed by atoms with Gasteiger partial charge in [0.05, 0.1) is 5.56 Å². The summed E-state index contributed by atoms with van der Waals surface area (Å²) in [6.45, 7) is 0. The minimum Gasteiger partial charge on any atom is -0.508 e. The van der Waals surface area contributed by atoms with Crippen molar-refractivity contribution in [3.8, 4) is 22.8 Å². The van der Waals surface area contributed by atoms with E-state index in [2.05, 4.69) is 5.32 Å². The average Bonchev–Trinajstić information content (AvgIpc) is 3.12. The highest BCUT2D eigenvalue weighted by atomic mass is 16.4. The standard InChI is InChI=1S/C20H15NO6/c22-13-6-8-17(23)15(10-13)19(24)21-16(20(25)26)11-14-7-9-18(27-14)12-4-2-1-3-5-12/h1-11,22-23H,(H,21,24)(H,25,26)/b16-11+. The van der Waals surface area contributed by atoms with Crippen LogP contribution < -0.4 is 5.32 Å². The van der Waals surface area contributed by atoms with Crippen LogP contribution in [-0.4, -0.2) is 27.2 Å². The van der Waals surface area contributed by atoms with Crippen LogP contribution in [0.2, 0.25) is 0 Å². The second-order valence-corrected chi connectivity index (χ2v) is 5.59. The van der Waals surface area contributed by atoms with E-state index in [1.807, 2.05) is 30.3 Å². The zero-order chi connectivity index (χ0) is 19.4. The molecule has 7 heteroatoms. The van der Waals surface area contributed by atoms with Crippen molar-refractivity contribution in [1.82, 2.24) is 5.32 Å². The lowest BCUT2D eigenvalue weighted by atomic mass is 10.1. The van der Waals surface area contributed by atoms with Crippen molar-refractivity contribution >= 4 is 18.0 Å². The summed E-state index contributed by atoms with van der Waals surface area (Å²) in [7, 11) is 0. The number of carbonyl (C=O) groups is 2. The van der Waals surface area contributed by atoms with E-state index in [1.165, 1.54) is 6.07 Å². The van der Waals surface area contributed by atoms with Gasteiger partial charge in [-0.25, -0.2) is 4.79 Å². The molecular formula is C20H15NO6. The van der Waals surface area contributed by atoms with Gasteiger partial charge >= 0.3 is 5.97 Å². The largest absolute Gasteiger partial charge is 0.508 e. The van der Waals surface area contributed by atoms with Gasteiger partial charge in [0.15, 0.2) is 0 Å². The molecule has 3 rings (SSSR count). The predicted octanol–water partition coefficient (Wildman–Crippen LogP) is 3.21. The molecule has 0 radical (unpaired) electrons. The second-order valence-electron chi connectivity index (χ2n) is 5.59. The highest BCUT2D eigenvalue weighted by Gasteiger charge is 2.17. The Morgan fingerprint density at radius 2 is 1.70 bits per heavy atom. The van der Waals surface area contributed by atoms with Gasteiger partial charge in [0, 0.05) is 11.6 Å². The van der Waals surface area contributed by atoms with Crippen molar-refractivity contribution in [2.24, 2.45) is 0 Å². The molecule has 0 saturated heterocycles. The van der Waals surface area contributed by atoms with Crippen LogP contribution in [0.3, 0.4) is 0 Å². The van der Waals surface area contributed by atoms with Gasteiger partial charge in [-0.15, -0.1) is 0 Å². The van der Waals surface area contributed by atoms with Crippen molar-refractivity contribution in [3.63, 3.8) is 0 Å². The maximum absolute atomic E-state index is 12.2. The van der Waals surface area contributed by atoms with Crippen molar-refractivity contribution in [2.75, 3.05) is 0 Å². The number of hydrogen-bond acceptors (Lipinski definition) is 5. The smallest absolute Gasteiger partial charge is 0.352 e. The van der Waals surface area contributed by atoms with E-state index in [9.17, 15) is 24.9 Å². The highest BCUT2D eigenvalue weighted by molar-refractivity contribution is 6.04. The van der Waals surface area contributed by atoms with Gasteiger partial charge in [0.2, 0.25) is 0 Å². The second kappa shape index (κ2) is 7.49. The number of nitrogens with one attached hydrogen (secondary N) is 1. The number of carbonyl (C=O) groups excluding carboxylic acids is 1. The summed E-state index contributed by atoms with van der Waals surface area (Å²) < 4.78 is 5.60. The average molecular weight is 365 g/mol. The number of phenolic OH excluding ortho intramolecular Hbond substituents is 2. The Hall–Kier alpha value is -4.00. The van der Waals surface area contributed by atoms with E-state index in [1.54, 1.807) is 12.1 Å². The molecule has 0 aliphatic heterocycles. The minimum atomic E-state index is -1.39. The Morgan fingerprint density at radius 1 is 0.963 bits per heavy atom. The first kappa shape index (κ1) is 17.8.